The summed E-state index contributed by atoms with van der Waals surface area (Å²) in [5.74, 6) is 1.36. The maximum Gasteiger partial charge on any atom is 0.415 e. The number of carbonyl (C=O) groups is 2. The van der Waals surface area contributed by atoms with Crippen molar-refractivity contribution in [3.63, 3.8) is 0 Å². The molecule has 0 atom stereocenters. The molecule has 0 aromatic heterocycles. The lowest BCUT2D eigenvalue weighted by Crippen LogP contribution is -2.49. The SMILES string of the molecule is COc1ccc(C(C)=O)cc1CN1CCN(C(=O)Oc2ccccc2)CC1. The highest BCUT2D eigenvalue weighted by molar-refractivity contribution is 5.94. The average Bonchev–Trinajstić information content (AvgIpc) is 2.69. The number of carbonyl (C=O) groups excluding carboxylic acids is 2. The van der Waals surface area contributed by atoms with E-state index in [4.69, 9.17) is 9.47 Å². The first-order valence-electron chi connectivity index (χ1n) is 8.99. The summed E-state index contributed by atoms with van der Waals surface area (Å²) in [6.45, 7) is 4.89. The number of nitrogens with zero attached hydrogens (tertiary/aromatic N) is 2. The van der Waals surface area contributed by atoms with E-state index in [0.717, 1.165) is 24.4 Å². The van der Waals surface area contributed by atoms with E-state index in [2.05, 4.69) is 4.90 Å². The van der Waals surface area contributed by atoms with Gasteiger partial charge >= 0.3 is 6.09 Å². The molecule has 27 heavy (non-hydrogen) atoms. The number of amides is 1. The van der Waals surface area contributed by atoms with Crippen LogP contribution in [0.2, 0.25) is 0 Å². The van der Waals surface area contributed by atoms with E-state index in [-0.39, 0.29) is 11.9 Å². The first kappa shape index (κ1) is 18.9. The lowest BCUT2D eigenvalue weighted by molar-refractivity contribution is 0.101. The van der Waals surface area contributed by atoms with Gasteiger partial charge in [-0.2, -0.15) is 0 Å². The molecule has 0 N–H and O–H groups in total. The molecule has 2 aromatic carbocycles. The summed E-state index contributed by atoms with van der Waals surface area (Å²) in [5.41, 5.74) is 1.65. The minimum absolute atomic E-state index is 0.0346. The predicted molar refractivity (Wildman–Crippen MR) is 102 cm³/mol. The largest absolute Gasteiger partial charge is 0.496 e. The van der Waals surface area contributed by atoms with E-state index < -0.39 is 0 Å². The third-order valence-electron chi connectivity index (χ3n) is 4.66. The molecule has 3 rings (SSSR count). The van der Waals surface area contributed by atoms with Crippen LogP contribution in [0.15, 0.2) is 48.5 Å². The predicted octanol–water partition coefficient (Wildman–Crippen LogP) is 3.21. The van der Waals surface area contributed by atoms with Crippen molar-refractivity contribution in [1.82, 2.24) is 9.80 Å². The lowest BCUT2D eigenvalue weighted by atomic mass is 10.1. The van der Waals surface area contributed by atoms with Gasteiger partial charge in [0.05, 0.1) is 7.11 Å². The van der Waals surface area contributed by atoms with Crippen LogP contribution in [0, 0.1) is 0 Å². The van der Waals surface area contributed by atoms with Crippen LogP contribution in [0.3, 0.4) is 0 Å². The number of ether oxygens (including phenoxy) is 2. The number of rotatable bonds is 5. The molecular weight excluding hydrogens is 344 g/mol. The molecule has 1 aliphatic rings. The summed E-state index contributed by atoms with van der Waals surface area (Å²) in [6.07, 6.45) is -0.322. The van der Waals surface area contributed by atoms with Crippen LogP contribution in [0.25, 0.3) is 0 Å². The molecule has 0 unspecified atom stereocenters. The Hall–Kier alpha value is -2.86. The number of piperazine rings is 1. The van der Waals surface area contributed by atoms with Gasteiger partial charge < -0.3 is 14.4 Å². The molecule has 142 valence electrons. The molecule has 1 aliphatic heterocycles. The Morgan fingerprint density at radius 1 is 1.00 bits per heavy atom. The summed E-state index contributed by atoms with van der Waals surface area (Å²) in [5, 5.41) is 0. The summed E-state index contributed by atoms with van der Waals surface area (Å²) in [7, 11) is 1.63. The van der Waals surface area contributed by atoms with E-state index in [1.54, 1.807) is 37.1 Å². The first-order valence-corrected chi connectivity index (χ1v) is 8.99. The van der Waals surface area contributed by atoms with Gasteiger partial charge in [0.15, 0.2) is 5.78 Å². The fraction of sp³-hybridized carbons (Fsp3) is 0.333. The van der Waals surface area contributed by atoms with Gasteiger partial charge in [-0.15, -0.1) is 0 Å². The van der Waals surface area contributed by atoms with Crippen LogP contribution in [0.4, 0.5) is 4.79 Å². The minimum atomic E-state index is -0.322. The second kappa shape index (κ2) is 8.68. The van der Waals surface area contributed by atoms with Crippen LogP contribution in [-0.4, -0.2) is 55.0 Å². The normalized spacial score (nSPS) is 14.7. The maximum atomic E-state index is 12.3. The van der Waals surface area contributed by atoms with Gasteiger partial charge in [0.25, 0.3) is 0 Å². The first-order chi connectivity index (χ1) is 13.1. The van der Waals surface area contributed by atoms with Crippen molar-refractivity contribution in [2.45, 2.75) is 13.5 Å². The van der Waals surface area contributed by atoms with Crippen LogP contribution in [0.1, 0.15) is 22.8 Å². The summed E-state index contributed by atoms with van der Waals surface area (Å²) in [4.78, 5) is 27.9. The molecule has 1 amide bonds. The molecule has 6 nitrogen and oxygen atoms in total. The Morgan fingerprint density at radius 2 is 1.70 bits per heavy atom. The van der Waals surface area contributed by atoms with Crippen molar-refractivity contribution >= 4 is 11.9 Å². The molecule has 0 spiro atoms. The molecule has 2 aromatic rings. The van der Waals surface area contributed by atoms with Crippen molar-refractivity contribution < 1.29 is 19.1 Å². The van der Waals surface area contributed by atoms with E-state index in [9.17, 15) is 9.59 Å². The molecule has 1 fully saturated rings. The number of para-hydroxylation sites is 1. The van der Waals surface area contributed by atoms with Crippen LogP contribution < -0.4 is 9.47 Å². The van der Waals surface area contributed by atoms with Crippen LogP contribution >= 0.6 is 0 Å². The van der Waals surface area contributed by atoms with Crippen molar-refractivity contribution in [3.05, 3.63) is 59.7 Å². The molecule has 6 heteroatoms. The fourth-order valence-electron chi connectivity index (χ4n) is 3.10. The van der Waals surface area contributed by atoms with Crippen molar-refractivity contribution in [1.29, 1.82) is 0 Å². The second-order valence-corrected chi connectivity index (χ2v) is 6.53. The number of ketones is 1. The standard InChI is InChI=1S/C21H24N2O4/c1-16(24)17-8-9-20(26-2)18(14-17)15-22-10-12-23(13-11-22)21(25)27-19-6-4-3-5-7-19/h3-9,14H,10-13,15H2,1-2H3. The second-order valence-electron chi connectivity index (χ2n) is 6.53. The van der Waals surface area contributed by atoms with Gasteiger partial charge in [0, 0.05) is 43.9 Å². The Kier molecular flexibility index (Phi) is 6.08. The average molecular weight is 368 g/mol. The highest BCUT2D eigenvalue weighted by Crippen LogP contribution is 2.23. The highest BCUT2D eigenvalue weighted by atomic mass is 16.6. The Balaban J connectivity index is 1.57. The van der Waals surface area contributed by atoms with E-state index in [1.807, 2.05) is 30.3 Å². The Bertz CT molecular complexity index is 799. The quantitative estimate of drug-likeness (QED) is 0.759. The third-order valence-corrected chi connectivity index (χ3v) is 4.66. The maximum absolute atomic E-state index is 12.3. The molecule has 0 radical (unpaired) electrons. The zero-order chi connectivity index (χ0) is 19.2. The molecule has 1 heterocycles. The molecule has 0 aliphatic carbocycles. The van der Waals surface area contributed by atoms with Gasteiger partial charge in [-0.1, -0.05) is 18.2 Å². The van der Waals surface area contributed by atoms with Gasteiger partial charge in [-0.25, -0.2) is 4.79 Å². The zero-order valence-corrected chi connectivity index (χ0v) is 15.7. The van der Waals surface area contributed by atoms with Gasteiger partial charge in [0.2, 0.25) is 0 Å². The third kappa shape index (κ3) is 4.86. The molecular formula is C21H24N2O4. The van der Waals surface area contributed by atoms with Gasteiger partial charge in [0.1, 0.15) is 11.5 Å². The van der Waals surface area contributed by atoms with Crippen LogP contribution in [0.5, 0.6) is 11.5 Å². The molecule has 1 saturated heterocycles. The smallest absolute Gasteiger partial charge is 0.415 e. The van der Waals surface area contributed by atoms with Crippen molar-refractivity contribution in [2.75, 3.05) is 33.3 Å². The number of benzene rings is 2. The number of methoxy groups -OCH3 is 1. The molecule has 0 bridgehead atoms. The molecule has 0 saturated carbocycles. The van der Waals surface area contributed by atoms with E-state index in [0.29, 0.717) is 30.9 Å². The van der Waals surface area contributed by atoms with Crippen molar-refractivity contribution in [3.8, 4) is 11.5 Å². The van der Waals surface area contributed by atoms with E-state index in [1.165, 1.54) is 0 Å². The van der Waals surface area contributed by atoms with Crippen LogP contribution in [-0.2, 0) is 6.54 Å². The number of Topliss-reactive ketones (excluding diaryl/α,β-unsaturated/α-hetero) is 1. The Labute approximate surface area is 159 Å². The monoisotopic (exact) mass is 368 g/mol. The van der Waals surface area contributed by atoms with Gasteiger partial charge in [-0.3, -0.25) is 9.69 Å². The summed E-state index contributed by atoms with van der Waals surface area (Å²) < 4.78 is 10.8. The van der Waals surface area contributed by atoms with Gasteiger partial charge in [-0.05, 0) is 37.3 Å². The van der Waals surface area contributed by atoms with Crippen molar-refractivity contribution in [2.24, 2.45) is 0 Å². The summed E-state index contributed by atoms with van der Waals surface area (Å²) >= 11 is 0. The Morgan fingerprint density at radius 3 is 2.33 bits per heavy atom. The number of hydrogen-bond donors (Lipinski definition) is 0. The topological polar surface area (TPSA) is 59.1 Å². The zero-order valence-electron chi connectivity index (χ0n) is 15.7. The highest BCUT2D eigenvalue weighted by Gasteiger charge is 2.23. The lowest BCUT2D eigenvalue weighted by Gasteiger charge is -2.34. The number of hydrogen-bond acceptors (Lipinski definition) is 5. The fourth-order valence-corrected chi connectivity index (χ4v) is 3.10. The summed E-state index contributed by atoms with van der Waals surface area (Å²) in [6, 6.07) is 14.6. The minimum Gasteiger partial charge on any atom is -0.496 e. The van der Waals surface area contributed by atoms with E-state index >= 15 is 0 Å².